The van der Waals surface area contributed by atoms with Gasteiger partial charge in [0.25, 0.3) is 0 Å². The Kier molecular flexibility index (Phi) is 8.85. The zero-order chi connectivity index (χ0) is 15.7. The molecule has 0 N–H and O–H groups in total. The van der Waals surface area contributed by atoms with Gasteiger partial charge in [-0.3, -0.25) is 0 Å². The van der Waals surface area contributed by atoms with Crippen LogP contribution in [0.5, 0.6) is 11.5 Å². The van der Waals surface area contributed by atoms with E-state index >= 15 is 0 Å². The molecule has 0 saturated heterocycles. The molecule has 0 spiro atoms. The van der Waals surface area contributed by atoms with Gasteiger partial charge in [0.2, 0.25) is 0 Å². The lowest BCUT2D eigenvalue weighted by molar-refractivity contribution is 0.307. The van der Waals surface area contributed by atoms with Crippen LogP contribution in [0, 0.1) is 4.91 Å². The van der Waals surface area contributed by atoms with Crippen LogP contribution in [-0.4, -0.2) is 19.8 Å². The highest BCUT2D eigenvalue weighted by atomic mass is 35.5. The number of hydrogen-bond acceptors (Lipinski definition) is 4. The minimum atomic E-state index is 0.122. The molecule has 0 aliphatic heterocycles. The highest BCUT2D eigenvalue weighted by Crippen LogP contribution is 2.37. The SMILES string of the molecule is O=NCCCCOc1c(Cl)cc(OCC=C(Cl)Cl)cc1Cl. The van der Waals surface area contributed by atoms with Crippen LogP contribution in [0.1, 0.15) is 12.8 Å². The molecule has 0 amide bonds. The minimum Gasteiger partial charge on any atom is -0.490 e. The van der Waals surface area contributed by atoms with E-state index in [1.165, 1.54) is 6.08 Å². The predicted octanol–water partition coefficient (Wildman–Crippen LogP) is 5.62. The molecular formula is C13H13Cl4NO3. The first kappa shape index (κ1) is 18.4. The van der Waals surface area contributed by atoms with E-state index in [1.54, 1.807) is 12.1 Å². The third-order valence-electron chi connectivity index (χ3n) is 2.35. The van der Waals surface area contributed by atoms with E-state index in [9.17, 15) is 4.91 Å². The van der Waals surface area contributed by atoms with Crippen molar-refractivity contribution in [2.45, 2.75) is 12.8 Å². The van der Waals surface area contributed by atoms with Gasteiger partial charge in [0, 0.05) is 12.1 Å². The van der Waals surface area contributed by atoms with Crippen LogP contribution >= 0.6 is 46.4 Å². The van der Waals surface area contributed by atoms with Gasteiger partial charge in [0.15, 0.2) is 5.75 Å². The molecule has 1 aromatic carbocycles. The van der Waals surface area contributed by atoms with Gasteiger partial charge < -0.3 is 9.47 Å². The predicted molar refractivity (Wildman–Crippen MR) is 87.1 cm³/mol. The largest absolute Gasteiger partial charge is 0.490 e. The summed E-state index contributed by atoms with van der Waals surface area (Å²) in [4.78, 5) is 9.94. The molecule has 1 rings (SSSR count). The second-order valence-corrected chi connectivity index (χ2v) is 5.75. The summed E-state index contributed by atoms with van der Waals surface area (Å²) in [7, 11) is 0. The number of halogens is 4. The van der Waals surface area contributed by atoms with Crippen molar-refractivity contribution in [1.29, 1.82) is 0 Å². The third kappa shape index (κ3) is 7.23. The Morgan fingerprint density at radius 1 is 1.14 bits per heavy atom. The molecule has 116 valence electrons. The summed E-state index contributed by atoms with van der Waals surface area (Å²) in [5, 5.41) is 3.45. The summed E-state index contributed by atoms with van der Waals surface area (Å²) in [6.07, 6.45) is 2.84. The molecule has 0 aliphatic rings. The van der Waals surface area contributed by atoms with Gasteiger partial charge >= 0.3 is 0 Å². The van der Waals surface area contributed by atoms with Gasteiger partial charge in [-0.15, -0.1) is 0 Å². The Balaban J connectivity index is 2.58. The molecule has 0 radical (unpaired) electrons. The standard InChI is InChI=1S/C13H13Cl4NO3/c14-10-7-9(20-6-3-12(16)17)8-11(15)13(10)21-5-2-1-4-18-19/h3,7-8H,1-2,4-6H2. The summed E-state index contributed by atoms with van der Waals surface area (Å²) in [6, 6.07) is 3.18. The monoisotopic (exact) mass is 371 g/mol. The van der Waals surface area contributed by atoms with Gasteiger partial charge in [0.05, 0.1) is 23.2 Å². The van der Waals surface area contributed by atoms with Crippen LogP contribution in [0.15, 0.2) is 27.9 Å². The van der Waals surface area contributed by atoms with Crippen LogP contribution < -0.4 is 9.47 Å². The van der Waals surface area contributed by atoms with Crippen LogP contribution in [0.25, 0.3) is 0 Å². The molecule has 1 aromatic rings. The van der Waals surface area contributed by atoms with Crippen molar-refractivity contribution >= 4 is 46.4 Å². The molecule has 8 heteroatoms. The Labute approximate surface area is 142 Å². The summed E-state index contributed by atoms with van der Waals surface area (Å²) in [6.45, 7) is 0.877. The van der Waals surface area contributed by atoms with E-state index in [4.69, 9.17) is 55.9 Å². The fourth-order valence-corrected chi connectivity index (χ4v) is 2.11. The van der Waals surface area contributed by atoms with Gasteiger partial charge in [-0.1, -0.05) is 51.6 Å². The number of nitroso groups, excluding NO2 is 1. The van der Waals surface area contributed by atoms with Crippen molar-refractivity contribution in [2.75, 3.05) is 19.8 Å². The smallest absolute Gasteiger partial charge is 0.156 e. The molecule has 0 saturated carbocycles. The molecule has 0 aromatic heterocycles. The van der Waals surface area contributed by atoms with Crippen molar-refractivity contribution in [1.82, 2.24) is 0 Å². The van der Waals surface area contributed by atoms with Crippen LogP contribution in [0.2, 0.25) is 10.0 Å². The maximum absolute atomic E-state index is 9.94. The van der Waals surface area contributed by atoms with E-state index in [2.05, 4.69) is 5.18 Å². The first-order chi connectivity index (χ1) is 10.0. The van der Waals surface area contributed by atoms with E-state index in [0.717, 1.165) is 0 Å². The second-order valence-electron chi connectivity index (χ2n) is 3.93. The van der Waals surface area contributed by atoms with Crippen molar-refractivity contribution in [3.05, 3.63) is 37.7 Å². The zero-order valence-electron chi connectivity index (χ0n) is 11.0. The lowest BCUT2D eigenvalue weighted by Gasteiger charge is -2.12. The fraction of sp³-hybridized carbons (Fsp3) is 0.385. The molecule has 0 atom stereocenters. The Bertz CT molecular complexity index is 481. The molecule has 0 aliphatic carbocycles. The average Bonchev–Trinajstić information content (AvgIpc) is 2.40. The normalized spacial score (nSPS) is 10.1. The average molecular weight is 373 g/mol. The van der Waals surface area contributed by atoms with Crippen LogP contribution in [0.3, 0.4) is 0 Å². The van der Waals surface area contributed by atoms with Gasteiger partial charge in [-0.2, -0.15) is 4.91 Å². The van der Waals surface area contributed by atoms with E-state index < -0.39 is 0 Å². The van der Waals surface area contributed by atoms with Gasteiger partial charge in [-0.05, 0) is 18.9 Å². The lowest BCUT2D eigenvalue weighted by atomic mass is 10.3. The number of rotatable bonds is 9. The first-order valence-electron chi connectivity index (χ1n) is 6.09. The molecule has 21 heavy (non-hydrogen) atoms. The molecule has 0 fully saturated rings. The molecule has 4 nitrogen and oxygen atoms in total. The number of benzene rings is 1. The van der Waals surface area contributed by atoms with E-state index in [0.29, 0.717) is 41.0 Å². The second kappa shape index (κ2) is 10.1. The molecule has 0 unspecified atom stereocenters. The number of hydrogen-bond donors (Lipinski definition) is 0. The fourth-order valence-electron chi connectivity index (χ4n) is 1.41. The maximum atomic E-state index is 9.94. The highest BCUT2D eigenvalue weighted by Gasteiger charge is 2.10. The van der Waals surface area contributed by atoms with Crippen molar-refractivity contribution in [2.24, 2.45) is 5.18 Å². The Morgan fingerprint density at radius 2 is 1.81 bits per heavy atom. The summed E-state index contributed by atoms with van der Waals surface area (Å²) < 4.78 is 11.0. The van der Waals surface area contributed by atoms with Crippen LogP contribution in [-0.2, 0) is 0 Å². The summed E-state index contributed by atoms with van der Waals surface area (Å²) in [5.41, 5.74) is 0. The summed E-state index contributed by atoms with van der Waals surface area (Å²) in [5.74, 6) is 0.865. The minimum absolute atomic E-state index is 0.122. The lowest BCUT2D eigenvalue weighted by Crippen LogP contribution is -2.00. The Hall–Kier alpha value is -0.680. The third-order valence-corrected chi connectivity index (χ3v) is 3.22. The van der Waals surface area contributed by atoms with E-state index in [-0.39, 0.29) is 17.6 Å². The number of nitrogens with zero attached hydrogens (tertiary/aromatic N) is 1. The molecule has 0 heterocycles. The topological polar surface area (TPSA) is 47.9 Å². The van der Waals surface area contributed by atoms with E-state index in [1.807, 2.05) is 0 Å². The van der Waals surface area contributed by atoms with Crippen molar-refractivity contribution < 1.29 is 9.47 Å². The van der Waals surface area contributed by atoms with Crippen molar-refractivity contribution in [3.8, 4) is 11.5 Å². The number of ether oxygens (including phenoxy) is 2. The zero-order valence-corrected chi connectivity index (χ0v) is 14.0. The van der Waals surface area contributed by atoms with Crippen molar-refractivity contribution in [3.63, 3.8) is 0 Å². The van der Waals surface area contributed by atoms with Gasteiger partial charge in [0.1, 0.15) is 16.8 Å². The maximum Gasteiger partial charge on any atom is 0.156 e. The first-order valence-corrected chi connectivity index (χ1v) is 7.60. The van der Waals surface area contributed by atoms with Crippen LogP contribution in [0.4, 0.5) is 0 Å². The quantitative estimate of drug-likeness (QED) is 0.417. The molecular weight excluding hydrogens is 360 g/mol. The number of unbranched alkanes of at least 4 members (excludes halogenated alkanes) is 1. The summed E-state index contributed by atoms with van der Waals surface area (Å²) >= 11 is 23.1. The van der Waals surface area contributed by atoms with Gasteiger partial charge in [-0.25, -0.2) is 0 Å². The Morgan fingerprint density at radius 3 is 2.38 bits per heavy atom. The highest BCUT2D eigenvalue weighted by molar-refractivity contribution is 6.55. The molecule has 0 bridgehead atoms.